The lowest BCUT2D eigenvalue weighted by Gasteiger charge is -2.25. The lowest BCUT2D eigenvalue weighted by atomic mass is 10.1. The van der Waals surface area contributed by atoms with Crippen molar-refractivity contribution in [3.8, 4) is 0 Å². The van der Waals surface area contributed by atoms with Crippen molar-refractivity contribution in [2.75, 3.05) is 48.5 Å². The fourth-order valence-corrected chi connectivity index (χ4v) is 4.43. The smallest absolute Gasteiger partial charge is 0.304 e. The highest BCUT2D eigenvalue weighted by molar-refractivity contribution is 8.01. The Kier molecular flexibility index (Phi) is 17.7. The first-order chi connectivity index (χ1) is 11.7. The van der Waals surface area contributed by atoms with Crippen LogP contribution < -0.4 is 5.32 Å². The minimum Gasteiger partial charge on any atom is -0.481 e. The van der Waals surface area contributed by atoms with Gasteiger partial charge in [0, 0.05) is 18.1 Å². The highest BCUT2D eigenvalue weighted by atomic mass is 32.2. The van der Waals surface area contributed by atoms with Crippen molar-refractivity contribution in [2.24, 2.45) is 0 Å². The van der Waals surface area contributed by atoms with Crippen LogP contribution in [0, 0.1) is 0 Å². The zero-order valence-corrected chi connectivity index (χ0v) is 18.4. The van der Waals surface area contributed by atoms with Crippen LogP contribution in [0.15, 0.2) is 0 Å². The summed E-state index contributed by atoms with van der Waals surface area (Å²) in [5, 5.41) is 11.6. The monoisotopic (exact) mass is 417 g/mol. The average molecular weight is 418 g/mol. The maximum atomic E-state index is 11.9. The summed E-state index contributed by atoms with van der Waals surface area (Å²) in [5.41, 5.74) is -0.438. The van der Waals surface area contributed by atoms with Crippen LogP contribution in [-0.4, -0.2) is 73.6 Å². The van der Waals surface area contributed by atoms with Gasteiger partial charge in [-0.05, 0) is 32.6 Å². The molecule has 0 saturated heterocycles. The summed E-state index contributed by atoms with van der Waals surface area (Å²) < 4.78 is 29.4. The molecule has 2 N–H and O–H groups in total. The molecule has 0 aliphatic heterocycles. The molecule has 0 spiro atoms. The van der Waals surface area contributed by atoms with E-state index >= 15 is 0 Å². The maximum Gasteiger partial charge on any atom is 0.304 e. The van der Waals surface area contributed by atoms with E-state index in [-0.39, 0.29) is 24.5 Å². The van der Waals surface area contributed by atoms with E-state index < -0.39 is 21.4 Å². The van der Waals surface area contributed by atoms with Gasteiger partial charge in [0.15, 0.2) is 9.84 Å². The van der Waals surface area contributed by atoms with Gasteiger partial charge in [-0.2, -0.15) is 24.4 Å². The van der Waals surface area contributed by atoms with Crippen LogP contribution in [0.4, 0.5) is 0 Å². The van der Waals surface area contributed by atoms with Crippen LogP contribution in [0.2, 0.25) is 0 Å². The first-order valence-electron chi connectivity index (χ1n) is 8.64. The molecular formula is C16H35NO5S3. The highest BCUT2D eigenvalue weighted by Gasteiger charge is 2.19. The minimum absolute atomic E-state index is 0.0321. The number of thioether (sulfide) groups is 1. The molecule has 25 heavy (non-hydrogen) atoms. The van der Waals surface area contributed by atoms with E-state index in [0.717, 1.165) is 11.5 Å². The van der Waals surface area contributed by atoms with Crippen LogP contribution in [0.25, 0.3) is 0 Å². The SMILES string of the molecule is CC.CC(C)(CCNCCC(=O)O)OCCS(=O)(=O)CCSCCS. The molecule has 0 heterocycles. The second-order valence-corrected chi connectivity index (χ2v) is 9.72. The largest absolute Gasteiger partial charge is 0.481 e. The Labute approximate surface area is 163 Å². The number of rotatable bonds is 15. The van der Waals surface area contributed by atoms with E-state index in [0.29, 0.717) is 25.3 Å². The van der Waals surface area contributed by atoms with Crippen molar-refractivity contribution in [3.63, 3.8) is 0 Å². The van der Waals surface area contributed by atoms with Crippen LogP contribution in [0.5, 0.6) is 0 Å². The highest BCUT2D eigenvalue weighted by Crippen LogP contribution is 2.14. The number of carbonyl (C=O) groups is 1. The fraction of sp³-hybridized carbons (Fsp3) is 0.938. The first kappa shape index (κ1) is 27.3. The number of carboxylic acids is 1. The molecule has 0 amide bonds. The second-order valence-electron chi connectivity index (χ2n) is 5.74. The summed E-state index contributed by atoms with van der Waals surface area (Å²) >= 11 is 5.67. The second kappa shape index (κ2) is 16.2. The molecule has 0 aromatic carbocycles. The van der Waals surface area contributed by atoms with Crippen molar-refractivity contribution in [1.29, 1.82) is 0 Å². The summed E-state index contributed by atoms with van der Waals surface area (Å²) in [4.78, 5) is 10.4. The van der Waals surface area contributed by atoms with Gasteiger partial charge in [-0.15, -0.1) is 0 Å². The maximum absolute atomic E-state index is 11.9. The third-order valence-corrected chi connectivity index (χ3v) is 6.47. The number of hydrogen-bond acceptors (Lipinski definition) is 7. The third-order valence-electron chi connectivity index (χ3n) is 3.08. The number of aliphatic carboxylic acids is 1. The summed E-state index contributed by atoms with van der Waals surface area (Å²) in [5.74, 6) is 1.58. The van der Waals surface area contributed by atoms with E-state index in [2.05, 4.69) is 17.9 Å². The van der Waals surface area contributed by atoms with E-state index in [4.69, 9.17) is 9.84 Å². The Bertz CT molecular complexity index is 427. The van der Waals surface area contributed by atoms with E-state index in [9.17, 15) is 13.2 Å². The summed E-state index contributed by atoms with van der Waals surface area (Å²) in [6.07, 6.45) is 0.773. The van der Waals surface area contributed by atoms with Gasteiger partial charge in [0.25, 0.3) is 0 Å². The van der Waals surface area contributed by atoms with Crippen molar-refractivity contribution in [3.05, 3.63) is 0 Å². The van der Waals surface area contributed by atoms with Crippen molar-refractivity contribution < 1.29 is 23.1 Å². The van der Waals surface area contributed by atoms with Gasteiger partial charge in [0.2, 0.25) is 0 Å². The van der Waals surface area contributed by atoms with Crippen molar-refractivity contribution in [2.45, 2.75) is 46.1 Å². The number of nitrogens with one attached hydrogen (secondary N) is 1. The summed E-state index contributed by atoms with van der Waals surface area (Å²) in [7, 11) is -3.07. The van der Waals surface area contributed by atoms with Gasteiger partial charge in [-0.25, -0.2) is 8.42 Å². The molecule has 9 heteroatoms. The third kappa shape index (κ3) is 20.2. The Morgan fingerprint density at radius 1 is 1.20 bits per heavy atom. The van der Waals surface area contributed by atoms with Crippen molar-refractivity contribution in [1.82, 2.24) is 5.32 Å². The Morgan fingerprint density at radius 3 is 2.40 bits per heavy atom. The van der Waals surface area contributed by atoms with E-state index in [1.807, 2.05) is 27.7 Å². The number of hydrogen-bond donors (Lipinski definition) is 3. The first-order valence-corrected chi connectivity index (χ1v) is 12.2. The molecule has 0 aromatic heterocycles. The predicted octanol–water partition coefficient (Wildman–Crippen LogP) is 2.34. The molecule has 0 unspecified atom stereocenters. The lowest BCUT2D eigenvalue weighted by molar-refractivity contribution is -0.136. The molecule has 0 atom stereocenters. The van der Waals surface area contributed by atoms with Crippen LogP contribution in [-0.2, 0) is 19.4 Å². The van der Waals surface area contributed by atoms with Gasteiger partial charge in [-0.3, -0.25) is 4.79 Å². The molecule has 0 aliphatic carbocycles. The topological polar surface area (TPSA) is 92.7 Å². The molecular weight excluding hydrogens is 382 g/mol. The number of ether oxygens (including phenoxy) is 1. The van der Waals surface area contributed by atoms with E-state index in [1.165, 1.54) is 0 Å². The normalized spacial score (nSPS) is 11.7. The Hall–Kier alpha value is 0.0400. The van der Waals surface area contributed by atoms with E-state index in [1.54, 1.807) is 11.8 Å². The van der Waals surface area contributed by atoms with Gasteiger partial charge in [0.1, 0.15) is 0 Å². The predicted molar refractivity (Wildman–Crippen MR) is 111 cm³/mol. The minimum atomic E-state index is -3.07. The average Bonchev–Trinajstić information content (AvgIpc) is 2.52. The molecule has 0 aromatic rings. The molecule has 6 nitrogen and oxygen atoms in total. The number of thiol groups is 1. The van der Waals surface area contributed by atoms with Crippen molar-refractivity contribution >= 4 is 40.2 Å². The summed E-state index contributed by atoms with van der Waals surface area (Å²) in [6.45, 7) is 9.04. The molecule has 0 radical (unpaired) electrons. The molecule has 0 fully saturated rings. The Morgan fingerprint density at radius 2 is 1.84 bits per heavy atom. The standard InChI is InChI=1S/C14H29NO5S3.C2H6/c1-14(2,4-6-15-5-3-13(16)17)20-7-11-23(18,19)12-10-22-9-8-21;1-2/h15,21H,3-12H2,1-2H3,(H,16,17);1-2H3. The zero-order valence-electron chi connectivity index (χ0n) is 15.9. The van der Waals surface area contributed by atoms with Crippen LogP contribution in [0.3, 0.4) is 0 Å². The van der Waals surface area contributed by atoms with Crippen LogP contribution in [0.1, 0.15) is 40.5 Å². The Balaban J connectivity index is 0. The quantitative estimate of drug-likeness (QED) is 0.278. The van der Waals surface area contributed by atoms with Gasteiger partial charge in [0.05, 0.1) is 30.1 Å². The van der Waals surface area contributed by atoms with Gasteiger partial charge >= 0.3 is 5.97 Å². The summed E-state index contributed by atoms with van der Waals surface area (Å²) in [6, 6.07) is 0. The molecule has 0 saturated carbocycles. The molecule has 0 bridgehead atoms. The fourth-order valence-electron chi connectivity index (χ4n) is 1.68. The number of carboxylic acid groups (broad SMARTS) is 1. The molecule has 0 aliphatic rings. The van der Waals surface area contributed by atoms with Crippen LogP contribution >= 0.6 is 24.4 Å². The lowest BCUT2D eigenvalue weighted by Crippen LogP contribution is -2.32. The van der Waals surface area contributed by atoms with Gasteiger partial charge in [-0.1, -0.05) is 13.8 Å². The molecule has 152 valence electrons. The van der Waals surface area contributed by atoms with Gasteiger partial charge < -0.3 is 15.2 Å². The molecule has 0 rings (SSSR count). The number of sulfone groups is 1. The zero-order chi connectivity index (χ0) is 19.8.